The number of nitrogens with one attached hydrogen (secondary N) is 1. The van der Waals surface area contributed by atoms with E-state index in [2.05, 4.69) is 58.7 Å². The van der Waals surface area contributed by atoms with Crippen LogP contribution in [0.1, 0.15) is 4.88 Å². The fraction of sp³-hybridized carbons (Fsp3) is 0.0455. The molecule has 2 aliphatic heterocycles. The summed E-state index contributed by atoms with van der Waals surface area (Å²) in [5.74, 6) is -0.857. The number of hydrogen-bond acceptors (Lipinski definition) is 5. The zero-order valence-corrected chi connectivity index (χ0v) is 19.1. The molecule has 1 aromatic heterocycles. The Morgan fingerprint density at radius 1 is 0.967 bits per heavy atom. The molecule has 0 atom stereocenters. The van der Waals surface area contributed by atoms with Gasteiger partial charge in [0.25, 0.3) is 0 Å². The number of hydrogen-bond donors (Lipinski definition) is 1. The molecule has 0 unspecified atom stereocenters. The van der Waals surface area contributed by atoms with Gasteiger partial charge in [0.1, 0.15) is 0 Å². The third-order valence-electron chi connectivity index (χ3n) is 4.86. The van der Waals surface area contributed by atoms with Gasteiger partial charge in [-0.3, -0.25) is 0 Å². The average Bonchev–Trinajstić information content (AvgIpc) is 3.21. The molecule has 1 fully saturated rings. The van der Waals surface area contributed by atoms with Gasteiger partial charge >= 0.3 is 190 Å². The normalized spacial score (nSPS) is 17.1. The van der Waals surface area contributed by atoms with E-state index in [0.717, 1.165) is 9.88 Å². The molecule has 0 aliphatic carbocycles. The van der Waals surface area contributed by atoms with Crippen LogP contribution < -0.4 is 19.1 Å². The van der Waals surface area contributed by atoms with Crippen LogP contribution in [0.25, 0.3) is 6.08 Å². The van der Waals surface area contributed by atoms with Gasteiger partial charge < -0.3 is 0 Å². The van der Waals surface area contributed by atoms with Crippen molar-refractivity contribution in [3.05, 3.63) is 71.1 Å². The molecule has 0 radical (unpaired) electrons. The van der Waals surface area contributed by atoms with Crippen molar-refractivity contribution < 1.29 is 9.59 Å². The molecule has 30 heavy (non-hydrogen) atoms. The summed E-state index contributed by atoms with van der Waals surface area (Å²) in [7, 11) is 1.56. The fourth-order valence-corrected chi connectivity index (χ4v) is 6.74. The Bertz CT molecular complexity index is 1200. The van der Waals surface area contributed by atoms with Crippen molar-refractivity contribution in [2.24, 2.45) is 0 Å². The third-order valence-corrected chi connectivity index (χ3v) is 8.62. The number of carbonyl (C=O) groups excluding carboxylic acids is 2. The Hall–Kier alpha value is -2.77. The minimum atomic E-state index is -0.464. The number of amides is 2. The predicted octanol–water partition coefficient (Wildman–Crippen LogP) is 2.44. The van der Waals surface area contributed by atoms with Gasteiger partial charge in [0, 0.05) is 0 Å². The van der Waals surface area contributed by atoms with Crippen molar-refractivity contribution in [2.45, 2.75) is 0 Å². The second-order valence-electron chi connectivity index (χ2n) is 6.73. The second kappa shape index (κ2) is 7.48. The van der Waals surface area contributed by atoms with Crippen molar-refractivity contribution in [3.8, 4) is 0 Å². The maximum absolute atomic E-state index is 12.5. The molecule has 3 aromatic rings. The molecule has 5 rings (SSSR count). The van der Waals surface area contributed by atoms with Crippen LogP contribution in [-0.4, -0.2) is 43.8 Å². The molecule has 8 heteroatoms. The number of para-hydroxylation sites is 2. The maximum atomic E-state index is 12.5. The van der Waals surface area contributed by atoms with Gasteiger partial charge in [-0.05, 0) is 0 Å². The topological polar surface area (TPSA) is 52.7 Å². The first kappa shape index (κ1) is 19.2. The predicted molar refractivity (Wildman–Crippen MR) is 126 cm³/mol. The first-order valence-corrected chi connectivity index (χ1v) is 12.1. The van der Waals surface area contributed by atoms with Crippen LogP contribution in [0.5, 0.6) is 0 Å². The van der Waals surface area contributed by atoms with Crippen LogP contribution in [0.2, 0.25) is 0 Å². The van der Waals surface area contributed by atoms with Crippen LogP contribution >= 0.6 is 23.6 Å². The van der Waals surface area contributed by atoms with Crippen LogP contribution in [0.4, 0.5) is 16.4 Å². The number of likely N-dealkylation sites (N-methyl/N-ethyl adjacent to an activating group) is 1. The molecule has 148 valence electrons. The molecule has 1 N–H and O–H groups in total. The zero-order valence-electron chi connectivity index (χ0n) is 15.8. The molecule has 2 amide bonds. The Labute approximate surface area is 189 Å². The molecule has 0 bridgehead atoms. The van der Waals surface area contributed by atoms with Crippen LogP contribution in [0.3, 0.4) is 0 Å². The molecule has 0 spiro atoms. The summed E-state index contributed by atoms with van der Waals surface area (Å²) in [6.07, 6.45) is 1.63. The molecule has 0 saturated carbocycles. The van der Waals surface area contributed by atoms with Gasteiger partial charge in [-0.2, -0.15) is 0 Å². The minimum absolute atomic E-state index is 0.0854. The fourth-order valence-electron chi connectivity index (χ4n) is 3.37. The molecule has 1 saturated heterocycles. The Balaban J connectivity index is 1.56. The quantitative estimate of drug-likeness (QED) is 0.201. The van der Waals surface area contributed by atoms with E-state index in [1.54, 1.807) is 13.1 Å². The summed E-state index contributed by atoms with van der Waals surface area (Å²) in [4.78, 5) is 29.1. The van der Waals surface area contributed by atoms with Crippen molar-refractivity contribution in [3.63, 3.8) is 0 Å². The van der Waals surface area contributed by atoms with Crippen LogP contribution in [-0.2, 0) is 9.59 Å². The van der Waals surface area contributed by atoms with Gasteiger partial charge in [-0.15, -0.1) is 0 Å². The summed E-state index contributed by atoms with van der Waals surface area (Å²) >= 11 is 6.80. The van der Waals surface area contributed by atoms with Crippen molar-refractivity contribution in [2.75, 3.05) is 11.9 Å². The van der Waals surface area contributed by atoms with E-state index in [1.165, 1.54) is 36.5 Å². The van der Waals surface area contributed by atoms with E-state index < -0.39 is 11.8 Å². The SMILES string of the molecule is CN1C(=O)/C(=C/c2ccc(N3c4ccccc4[Se]c4ccccc43)s2)C(=O)NC1=S. The van der Waals surface area contributed by atoms with Gasteiger partial charge in [-0.25, -0.2) is 0 Å². The summed E-state index contributed by atoms with van der Waals surface area (Å²) in [6, 6.07) is 20.9. The number of thiocarbonyl (C=S) groups is 1. The second-order valence-corrected chi connectivity index (χ2v) is 10.5. The van der Waals surface area contributed by atoms with E-state index in [9.17, 15) is 9.59 Å². The number of benzene rings is 2. The Kier molecular flexibility index (Phi) is 4.79. The summed E-state index contributed by atoms with van der Waals surface area (Å²) in [6.45, 7) is 0. The van der Waals surface area contributed by atoms with E-state index in [1.807, 2.05) is 12.1 Å². The summed E-state index contributed by atoms with van der Waals surface area (Å²) < 4.78 is 2.66. The monoisotopic (exact) mass is 497 g/mol. The molecular weight excluding hydrogens is 481 g/mol. The van der Waals surface area contributed by atoms with Gasteiger partial charge in [0.15, 0.2) is 0 Å². The van der Waals surface area contributed by atoms with Crippen LogP contribution in [0, 0.1) is 0 Å². The van der Waals surface area contributed by atoms with E-state index in [4.69, 9.17) is 12.2 Å². The molecule has 2 aromatic carbocycles. The number of rotatable bonds is 2. The molecular formula is C22H15N3O2S2Se. The van der Waals surface area contributed by atoms with E-state index >= 15 is 0 Å². The van der Waals surface area contributed by atoms with Crippen molar-refractivity contribution in [1.82, 2.24) is 10.2 Å². The first-order valence-electron chi connectivity index (χ1n) is 9.14. The van der Waals surface area contributed by atoms with E-state index in [0.29, 0.717) is 0 Å². The van der Waals surface area contributed by atoms with E-state index in [-0.39, 0.29) is 25.6 Å². The Morgan fingerprint density at radius 3 is 2.27 bits per heavy atom. The third kappa shape index (κ3) is 3.18. The number of fused-ring (bicyclic) bond motifs is 2. The number of anilines is 3. The molecule has 5 nitrogen and oxygen atoms in total. The first-order chi connectivity index (χ1) is 14.5. The van der Waals surface area contributed by atoms with Crippen molar-refractivity contribution in [1.29, 1.82) is 0 Å². The van der Waals surface area contributed by atoms with Crippen LogP contribution in [0.15, 0.2) is 66.2 Å². The van der Waals surface area contributed by atoms with Gasteiger partial charge in [0.05, 0.1) is 0 Å². The summed E-state index contributed by atoms with van der Waals surface area (Å²) in [5, 5.41) is 3.71. The Morgan fingerprint density at radius 2 is 1.60 bits per heavy atom. The van der Waals surface area contributed by atoms with Gasteiger partial charge in [-0.1, -0.05) is 0 Å². The molecule has 3 heterocycles. The number of nitrogens with zero attached hydrogens (tertiary/aromatic N) is 2. The van der Waals surface area contributed by atoms with Crippen molar-refractivity contribution >= 4 is 86.8 Å². The number of thiophene rings is 1. The zero-order chi connectivity index (χ0) is 20.8. The average molecular weight is 496 g/mol. The summed E-state index contributed by atoms with van der Waals surface area (Å²) in [5.41, 5.74) is 2.44. The standard InChI is InChI=1S/C22H15N3O2S2Se/c1-24-21(27)14(20(26)23-22(24)28)12-13-10-11-19(29-13)25-15-6-2-4-8-17(15)30-18-9-5-3-7-16(18)25/h2-12H,1H3,(H,23,26,28)/b14-12+. The van der Waals surface area contributed by atoms with Gasteiger partial charge in [0.2, 0.25) is 0 Å². The molecule has 2 aliphatic rings. The number of carbonyl (C=O) groups is 2.